The number of primary amides is 1. The van der Waals surface area contributed by atoms with Crippen LogP contribution in [0.5, 0.6) is 0 Å². The molecule has 0 aliphatic carbocycles. The molecule has 1 aromatic heterocycles. The predicted octanol–water partition coefficient (Wildman–Crippen LogP) is 2.80. The van der Waals surface area contributed by atoms with Gasteiger partial charge in [-0.3, -0.25) is 9.59 Å². The summed E-state index contributed by atoms with van der Waals surface area (Å²) in [5.74, 6) is -0.879. The lowest BCUT2D eigenvalue weighted by Crippen LogP contribution is -2.42. The third-order valence-corrected chi connectivity index (χ3v) is 5.67. The molecule has 0 saturated carbocycles. The molecule has 1 aliphatic heterocycles. The first-order valence-corrected chi connectivity index (χ1v) is 8.65. The molecular formula is C17H26N2O4S. The molecule has 7 heteroatoms. The van der Waals surface area contributed by atoms with Crippen molar-refractivity contribution in [3.05, 3.63) is 16.0 Å². The van der Waals surface area contributed by atoms with E-state index in [-0.39, 0.29) is 5.91 Å². The number of hydrogen-bond acceptors (Lipinski definition) is 5. The number of methoxy groups -OCH3 is 1. The van der Waals surface area contributed by atoms with Gasteiger partial charge in [0.1, 0.15) is 10.6 Å². The van der Waals surface area contributed by atoms with Gasteiger partial charge in [0.25, 0.3) is 11.8 Å². The highest BCUT2D eigenvalue weighted by molar-refractivity contribution is 7.17. The number of ether oxygens (including phenoxy) is 2. The summed E-state index contributed by atoms with van der Waals surface area (Å²) in [6.07, 6.45) is 0.560. The summed E-state index contributed by atoms with van der Waals surface area (Å²) in [5, 5.41) is 3.26. The van der Waals surface area contributed by atoms with Gasteiger partial charge in [0.2, 0.25) is 0 Å². The molecule has 1 aromatic rings. The Morgan fingerprint density at radius 1 is 1.29 bits per heavy atom. The van der Waals surface area contributed by atoms with Gasteiger partial charge in [0.15, 0.2) is 0 Å². The zero-order valence-corrected chi connectivity index (χ0v) is 16.1. The molecule has 0 atom stereocenters. The van der Waals surface area contributed by atoms with Gasteiger partial charge in [-0.05, 0) is 47.1 Å². The topological polar surface area (TPSA) is 90.6 Å². The van der Waals surface area contributed by atoms with E-state index >= 15 is 0 Å². The summed E-state index contributed by atoms with van der Waals surface area (Å²) in [6, 6.07) is 0. The fourth-order valence-electron chi connectivity index (χ4n) is 3.01. The van der Waals surface area contributed by atoms with Gasteiger partial charge in [-0.2, -0.15) is 0 Å². The van der Waals surface area contributed by atoms with Crippen LogP contribution in [0.15, 0.2) is 0 Å². The number of anilines is 1. The normalized spacial score (nSPS) is 18.8. The summed E-state index contributed by atoms with van der Waals surface area (Å²) in [6.45, 7) is 11.2. The molecule has 2 amide bonds. The lowest BCUT2D eigenvalue weighted by molar-refractivity contribution is -0.136. The Bertz CT molecular complexity index is 689. The molecule has 0 radical (unpaired) electrons. The molecule has 0 fully saturated rings. The second kappa shape index (κ2) is 5.82. The molecule has 24 heavy (non-hydrogen) atoms. The predicted molar refractivity (Wildman–Crippen MR) is 94.4 cm³/mol. The van der Waals surface area contributed by atoms with Crippen LogP contribution >= 0.6 is 11.3 Å². The molecule has 0 unspecified atom stereocenters. The van der Waals surface area contributed by atoms with E-state index in [4.69, 9.17) is 15.2 Å². The molecule has 1 aliphatic rings. The molecule has 134 valence electrons. The van der Waals surface area contributed by atoms with Crippen LogP contribution in [0.3, 0.4) is 0 Å². The van der Waals surface area contributed by atoms with Crippen LogP contribution in [0.1, 0.15) is 62.3 Å². The molecule has 2 heterocycles. The van der Waals surface area contributed by atoms with Gasteiger partial charge in [0, 0.05) is 18.4 Å². The van der Waals surface area contributed by atoms with Crippen molar-refractivity contribution in [1.29, 1.82) is 0 Å². The molecule has 0 saturated heterocycles. The van der Waals surface area contributed by atoms with Crippen molar-refractivity contribution in [2.45, 2.75) is 64.8 Å². The van der Waals surface area contributed by atoms with Crippen molar-refractivity contribution in [2.75, 3.05) is 12.4 Å². The number of amides is 2. The van der Waals surface area contributed by atoms with Gasteiger partial charge < -0.3 is 20.5 Å². The van der Waals surface area contributed by atoms with E-state index in [2.05, 4.69) is 5.32 Å². The zero-order chi connectivity index (χ0) is 18.5. The molecule has 6 nitrogen and oxygen atoms in total. The van der Waals surface area contributed by atoms with Crippen LogP contribution in [-0.4, -0.2) is 30.1 Å². The van der Waals surface area contributed by atoms with Crippen molar-refractivity contribution in [3.63, 3.8) is 0 Å². The quantitative estimate of drug-likeness (QED) is 0.870. The van der Waals surface area contributed by atoms with Crippen molar-refractivity contribution in [1.82, 2.24) is 0 Å². The second-order valence-corrected chi connectivity index (χ2v) is 8.72. The van der Waals surface area contributed by atoms with Crippen LogP contribution in [0.4, 0.5) is 5.00 Å². The summed E-state index contributed by atoms with van der Waals surface area (Å²) in [7, 11) is 1.47. The number of fused-ring (bicyclic) bond motifs is 1. The fraction of sp³-hybridized carbons (Fsp3) is 0.647. The number of thiophene rings is 1. The fourth-order valence-corrected chi connectivity index (χ4v) is 4.27. The van der Waals surface area contributed by atoms with Crippen LogP contribution in [0.2, 0.25) is 0 Å². The average Bonchev–Trinajstić information content (AvgIpc) is 2.75. The summed E-state index contributed by atoms with van der Waals surface area (Å²) in [5.41, 5.74) is 4.86. The Kier molecular flexibility index (Phi) is 4.58. The summed E-state index contributed by atoms with van der Waals surface area (Å²) >= 11 is 1.34. The second-order valence-electron chi connectivity index (χ2n) is 7.70. The largest absolute Gasteiger partial charge is 0.369 e. The smallest absolute Gasteiger partial charge is 0.256 e. The third-order valence-electron chi connectivity index (χ3n) is 4.22. The Morgan fingerprint density at radius 3 is 2.38 bits per heavy atom. The highest BCUT2D eigenvalue weighted by atomic mass is 32.1. The minimum Gasteiger partial charge on any atom is -0.369 e. The molecule has 0 spiro atoms. The van der Waals surface area contributed by atoms with Gasteiger partial charge in [-0.15, -0.1) is 11.3 Å². The molecular weight excluding hydrogens is 328 g/mol. The Morgan fingerprint density at radius 2 is 1.88 bits per heavy atom. The van der Waals surface area contributed by atoms with E-state index in [1.807, 2.05) is 27.7 Å². The van der Waals surface area contributed by atoms with Crippen LogP contribution in [-0.2, 0) is 26.3 Å². The minimum absolute atomic E-state index is 0.330. The number of hydrogen-bond donors (Lipinski definition) is 2. The average molecular weight is 354 g/mol. The number of carbonyl (C=O) groups excluding carboxylic acids is 2. The molecule has 0 bridgehead atoms. The Hall–Kier alpha value is -1.44. The SMILES string of the molecule is COC(C)(C)C(=O)Nc1sc2c(c1C(N)=O)CC(C)(C)OC2(C)C. The maximum absolute atomic E-state index is 12.4. The highest BCUT2D eigenvalue weighted by Gasteiger charge is 2.43. The summed E-state index contributed by atoms with van der Waals surface area (Å²) < 4.78 is 11.3. The van der Waals surface area contributed by atoms with Crippen molar-refractivity contribution in [3.8, 4) is 0 Å². The summed E-state index contributed by atoms with van der Waals surface area (Å²) in [4.78, 5) is 25.4. The maximum atomic E-state index is 12.4. The zero-order valence-electron chi connectivity index (χ0n) is 15.3. The van der Waals surface area contributed by atoms with Gasteiger partial charge in [-0.25, -0.2) is 0 Å². The van der Waals surface area contributed by atoms with E-state index in [1.54, 1.807) is 13.8 Å². The Balaban J connectivity index is 2.55. The number of rotatable bonds is 4. The standard InChI is InChI=1S/C17H26N2O4S/c1-15(2)8-9-10(12(18)20)13(19-14(21)17(5,6)22-7)24-11(9)16(3,4)23-15/h8H2,1-7H3,(H2,18,20)(H,19,21). The van der Waals surface area contributed by atoms with Gasteiger partial charge in [0.05, 0.1) is 16.8 Å². The van der Waals surface area contributed by atoms with Crippen LogP contribution < -0.4 is 11.1 Å². The molecule has 2 rings (SSSR count). The van der Waals surface area contributed by atoms with Gasteiger partial charge in [-0.1, -0.05) is 0 Å². The van der Waals surface area contributed by atoms with E-state index in [0.717, 1.165) is 10.4 Å². The molecule has 3 N–H and O–H groups in total. The first-order chi connectivity index (χ1) is 10.8. The van der Waals surface area contributed by atoms with E-state index in [9.17, 15) is 9.59 Å². The van der Waals surface area contributed by atoms with Crippen molar-refractivity contribution >= 4 is 28.2 Å². The number of nitrogens with one attached hydrogen (secondary N) is 1. The number of nitrogens with two attached hydrogens (primary N) is 1. The van der Waals surface area contributed by atoms with Crippen LogP contribution in [0, 0.1) is 0 Å². The maximum Gasteiger partial charge on any atom is 0.256 e. The lowest BCUT2D eigenvalue weighted by atomic mass is 9.86. The van der Waals surface area contributed by atoms with Crippen LogP contribution in [0.25, 0.3) is 0 Å². The van der Waals surface area contributed by atoms with Crippen molar-refractivity contribution < 1.29 is 19.1 Å². The Labute approximate surface area is 146 Å². The van der Waals surface area contributed by atoms with E-state index in [1.165, 1.54) is 18.4 Å². The first kappa shape index (κ1) is 18.9. The van der Waals surface area contributed by atoms with Gasteiger partial charge >= 0.3 is 0 Å². The number of carbonyl (C=O) groups is 2. The third kappa shape index (κ3) is 3.34. The minimum atomic E-state index is -1.01. The van der Waals surface area contributed by atoms with Crippen molar-refractivity contribution in [2.24, 2.45) is 5.73 Å². The van der Waals surface area contributed by atoms with E-state index < -0.39 is 22.7 Å². The monoisotopic (exact) mass is 354 g/mol. The molecule has 0 aromatic carbocycles. The first-order valence-electron chi connectivity index (χ1n) is 7.83. The highest BCUT2D eigenvalue weighted by Crippen LogP contribution is 2.48. The van der Waals surface area contributed by atoms with E-state index in [0.29, 0.717) is 17.0 Å². The lowest BCUT2D eigenvalue weighted by Gasteiger charge is -2.41.